The summed E-state index contributed by atoms with van der Waals surface area (Å²) in [6, 6.07) is -0.0805. The first-order valence-corrected chi connectivity index (χ1v) is 7.35. The van der Waals surface area contributed by atoms with Crippen LogP contribution < -0.4 is 5.32 Å². The van der Waals surface area contributed by atoms with Crippen LogP contribution in [0.1, 0.15) is 40.0 Å². The molecule has 0 unspecified atom stereocenters. The molecule has 2 rings (SSSR count). The van der Waals surface area contributed by atoms with E-state index in [1.54, 1.807) is 4.90 Å². The first-order valence-electron chi connectivity index (χ1n) is 7.35. The maximum Gasteiger partial charge on any atom is 0.410 e. The van der Waals surface area contributed by atoms with Gasteiger partial charge in [0.25, 0.3) is 0 Å². The Balaban J connectivity index is 1.87. The fourth-order valence-corrected chi connectivity index (χ4v) is 2.69. The van der Waals surface area contributed by atoms with Gasteiger partial charge in [0.1, 0.15) is 12.2 Å². The van der Waals surface area contributed by atoms with E-state index < -0.39 is 23.9 Å². The van der Waals surface area contributed by atoms with Crippen molar-refractivity contribution in [2.75, 3.05) is 13.2 Å². The van der Waals surface area contributed by atoms with Gasteiger partial charge in [0.05, 0.1) is 18.7 Å². The number of carbonyl (C=O) groups excluding carboxylic acids is 2. The minimum absolute atomic E-state index is 0.0178. The van der Waals surface area contributed by atoms with Gasteiger partial charge in [-0.05, 0) is 40.0 Å². The van der Waals surface area contributed by atoms with Gasteiger partial charge in [-0.3, -0.25) is 0 Å². The summed E-state index contributed by atoms with van der Waals surface area (Å²) >= 11 is 0. The largest absolute Gasteiger partial charge is 0.447 e. The molecular formula is C14H24N2O5. The Bertz CT molecular complexity index is 407. The lowest BCUT2D eigenvalue weighted by Gasteiger charge is -2.28. The minimum Gasteiger partial charge on any atom is -0.447 e. The standard InChI is InChI=1S/C14H24N2O5/c1-14(2,3)21-13(19)16-7-11(17)6-10(16)5-4-9-8-20-12(18)15-9/h9-11,17H,4-8H2,1-3H3,(H,15,18)/t9-,10+,11+/m0/s1. The average Bonchev–Trinajstić information content (AvgIpc) is 2.90. The molecule has 2 N–H and O–H groups in total. The lowest BCUT2D eigenvalue weighted by Crippen LogP contribution is -2.41. The average molecular weight is 300 g/mol. The summed E-state index contributed by atoms with van der Waals surface area (Å²) in [4.78, 5) is 24.7. The molecule has 0 spiro atoms. The number of hydrogen-bond acceptors (Lipinski definition) is 5. The van der Waals surface area contributed by atoms with Crippen LogP contribution >= 0.6 is 0 Å². The van der Waals surface area contributed by atoms with Gasteiger partial charge in [-0.15, -0.1) is 0 Å². The second kappa shape index (κ2) is 6.09. The minimum atomic E-state index is -0.553. The molecule has 0 aromatic rings. The lowest BCUT2D eigenvalue weighted by molar-refractivity contribution is 0.0200. The van der Waals surface area contributed by atoms with E-state index in [1.807, 2.05) is 20.8 Å². The van der Waals surface area contributed by atoms with Crippen molar-refractivity contribution in [2.45, 2.75) is 63.8 Å². The van der Waals surface area contributed by atoms with E-state index in [1.165, 1.54) is 0 Å². The highest BCUT2D eigenvalue weighted by Gasteiger charge is 2.37. The molecule has 0 aromatic heterocycles. The van der Waals surface area contributed by atoms with Crippen LogP contribution in [0.2, 0.25) is 0 Å². The van der Waals surface area contributed by atoms with Gasteiger partial charge in [0, 0.05) is 6.04 Å². The molecule has 2 amide bonds. The zero-order valence-corrected chi connectivity index (χ0v) is 12.8. The number of rotatable bonds is 3. The monoisotopic (exact) mass is 300 g/mol. The number of nitrogens with zero attached hydrogens (tertiary/aromatic N) is 1. The molecule has 0 saturated carbocycles. The molecule has 2 aliphatic heterocycles. The predicted octanol–water partition coefficient (Wildman–Crippen LogP) is 1.25. The number of amides is 2. The first-order chi connectivity index (χ1) is 9.74. The van der Waals surface area contributed by atoms with Crippen molar-refractivity contribution in [1.82, 2.24) is 10.2 Å². The van der Waals surface area contributed by atoms with Crippen LogP contribution in [-0.2, 0) is 9.47 Å². The second-order valence-electron chi connectivity index (χ2n) is 6.69. The van der Waals surface area contributed by atoms with Crippen LogP contribution in [0.15, 0.2) is 0 Å². The SMILES string of the molecule is CC(C)(C)OC(=O)N1C[C@H](O)C[C@H]1CC[C@H]1COC(=O)N1. The number of aliphatic hydroxyl groups excluding tert-OH is 1. The van der Waals surface area contributed by atoms with Gasteiger partial charge in [-0.25, -0.2) is 9.59 Å². The number of aliphatic hydroxyl groups is 1. The number of carbonyl (C=O) groups is 2. The third kappa shape index (κ3) is 4.49. The molecular weight excluding hydrogens is 276 g/mol. The molecule has 0 bridgehead atoms. The Morgan fingerprint density at radius 1 is 1.48 bits per heavy atom. The number of alkyl carbamates (subject to hydrolysis) is 1. The summed E-state index contributed by atoms with van der Waals surface area (Å²) in [5.74, 6) is 0. The fraction of sp³-hybridized carbons (Fsp3) is 0.857. The number of hydrogen-bond donors (Lipinski definition) is 2. The van der Waals surface area contributed by atoms with E-state index in [-0.39, 0.29) is 12.1 Å². The topological polar surface area (TPSA) is 88.1 Å². The van der Waals surface area contributed by atoms with Gasteiger partial charge in [0.2, 0.25) is 0 Å². The molecule has 120 valence electrons. The Kier molecular flexibility index (Phi) is 4.61. The van der Waals surface area contributed by atoms with Crippen molar-refractivity contribution in [3.8, 4) is 0 Å². The van der Waals surface area contributed by atoms with E-state index in [4.69, 9.17) is 9.47 Å². The van der Waals surface area contributed by atoms with E-state index in [0.29, 0.717) is 32.4 Å². The third-order valence-electron chi connectivity index (χ3n) is 3.61. The predicted molar refractivity (Wildman–Crippen MR) is 74.9 cm³/mol. The molecule has 0 aliphatic carbocycles. The van der Waals surface area contributed by atoms with Crippen molar-refractivity contribution in [1.29, 1.82) is 0 Å². The summed E-state index contributed by atoms with van der Waals surface area (Å²) in [6.07, 6.45) is 0.650. The Labute approximate surface area is 124 Å². The quantitative estimate of drug-likeness (QED) is 0.819. The van der Waals surface area contributed by atoms with Crippen molar-refractivity contribution < 1.29 is 24.2 Å². The molecule has 7 heteroatoms. The van der Waals surface area contributed by atoms with Gasteiger partial charge in [0.15, 0.2) is 0 Å². The van der Waals surface area contributed by atoms with E-state index in [0.717, 1.165) is 0 Å². The smallest absolute Gasteiger partial charge is 0.410 e. The molecule has 7 nitrogen and oxygen atoms in total. The van der Waals surface area contributed by atoms with Crippen LogP contribution in [0.25, 0.3) is 0 Å². The zero-order valence-electron chi connectivity index (χ0n) is 12.8. The summed E-state index contributed by atoms with van der Waals surface area (Å²) in [6.45, 7) is 6.11. The van der Waals surface area contributed by atoms with Crippen LogP contribution in [0.3, 0.4) is 0 Å². The molecule has 0 radical (unpaired) electrons. The highest BCUT2D eigenvalue weighted by Crippen LogP contribution is 2.25. The first kappa shape index (κ1) is 15.9. The van der Waals surface area contributed by atoms with Crippen molar-refractivity contribution in [3.63, 3.8) is 0 Å². The molecule has 0 aromatic carbocycles. The molecule has 2 aliphatic rings. The van der Waals surface area contributed by atoms with Gasteiger partial charge < -0.3 is 24.8 Å². The van der Waals surface area contributed by atoms with Crippen molar-refractivity contribution >= 4 is 12.2 Å². The van der Waals surface area contributed by atoms with Crippen LogP contribution in [0.4, 0.5) is 9.59 Å². The van der Waals surface area contributed by atoms with Gasteiger partial charge in [-0.2, -0.15) is 0 Å². The van der Waals surface area contributed by atoms with Crippen LogP contribution in [0, 0.1) is 0 Å². The highest BCUT2D eigenvalue weighted by molar-refractivity contribution is 5.70. The number of nitrogens with one attached hydrogen (secondary N) is 1. The molecule has 2 fully saturated rings. The fourth-order valence-electron chi connectivity index (χ4n) is 2.69. The van der Waals surface area contributed by atoms with Crippen molar-refractivity contribution in [2.24, 2.45) is 0 Å². The Morgan fingerprint density at radius 2 is 2.19 bits per heavy atom. The lowest BCUT2D eigenvalue weighted by atomic mass is 10.0. The van der Waals surface area contributed by atoms with Crippen LogP contribution in [0.5, 0.6) is 0 Å². The van der Waals surface area contributed by atoms with Gasteiger partial charge in [-0.1, -0.05) is 0 Å². The Hall–Kier alpha value is -1.50. The third-order valence-corrected chi connectivity index (χ3v) is 3.61. The maximum atomic E-state index is 12.2. The zero-order chi connectivity index (χ0) is 15.6. The second-order valence-corrected chi connectivity index (χ2v) is 6.69. The number of likely N-dealkylation sites (tertiary alicyclic amines) is 1. The molecule has 3 atom stereocenters. The molecule has 2 saturated heterocycles. The van der Waals surface area contributed by atoms with E-state index >= 15 is 0 Å². The van der Waals surface area contributed by atoms with Crippen molar-refractivity contribution in [3.05, 3.63) is 0 Å². The summed E-state index contributed by atoms with van der Waals surface area (Å²) < 4.78 is 10.2. The maximum absolute atomic E-state index is 12.2. The Morgan fingerprint density at radius 3 is 2.76 bits per heavy atom. The highest BCUT2D eigenvalue weighted by atomic mass is 16.6. The normalized spacial score (nSPS) is 29.2. The van der Waals surface area contributed by atoms with Crippen LogP contribution in [-0.4, -0.2) is 59.1 Å². The number of β-amino-alcohol motifs (C(OH)–C–C–N with tert-alkyl or cyclic N) is 1. The summed E-state index contributed by atoms with van der Waals surface area (Å²) in [7, 11) is 0. The summed E-state index contributed by atoms with van der Waals surface area (Å²) in [5, 5.41) is 12.5. The van der Waals surface area contributed by atoms with E-state index in [2.05, 4.69) is 5.32 Å². The molecule has 2 heterocycles. The molecule has 21 heavy (non-hydrogen) atoms. The summed E-state index contributed by atoms with van der Waals surface area (Å²) in [5.41, 5.74) is -0.553. The number of cyclic esters (lactones) is 1. The number of ether oxygens (including phenoxy) is 2. The van der Waals surface area contributed by atoms with Gasteiger partial charge >= 0.3 is 12.2 Å². The van der Waals surface area contributed by atoms with E-state index in [9.17, 15) is 14.7 Å².